The summed E-state index contributed by atoms with van der Waals surface area (Å²) in [6.07, 6.45) is 9.14. The minimum atomic E-state index is -1.89. The third-order valence-electron chi connectivity index (χ3n) is 15.8. The fourth-order valence-corrected chi connectivity index (χ4v) is 10.6. The molecule has 14 N–H and O–H groups in total. The molecular weight excluding hydrogens is 1170 g/mol. The van der Waals surface area contributed by atoms with Crippen molar-refractivity contribution >= 4 is 88.8 Å². The number of aliphatic hydroxyl groups is 1. The molecule has 0 saturated carbocycles. The number of carbonyl (C=O) groups excluding carboxylic acids is 12. The van der Waals surface area contributed by atoms with Gasteiger partial charge in [-0.15, -0.1) is 0 Å². The molecule has 3 heterocycles. The number of rotatable bonds is 26. The van der Waals surface area contributed by atoms with E-state index in [2.05, 4.69) is 60.1 Å². The summed E-state index contributed by atoms with van der Waals surface area (Å²) in [5.41, 5.74) is 0. The lowest BCUT2D eigenvalue weighted by Crippen LogP contribution is -2.63. The predicted octanol–water partition coefficient (Wildman–Crippen LogP) is -1.92. The molecule has 500 valence electrons. The van der Waals surface area contributed by atoms with Crippen LogP contribution < -0.4 is 53.2 Å². The standard InChI is InChI=1S/C58H94N12O19/c1-5-7-8-9-10-11-12-13-14-15-16-17-23-42(72)63-36(24-25-46(76)77)53(84)66-39-30-59-54(85)41-22-20-27-70(41)58(89)49(34(3)6-2)68-56(87)50(35(4)71)67-45(75)33-61-52(83)38(29-48(80)81)64-43(73)31-60-51(82)37(28-47(78)79)65-44(74)32-62-55(86)40-21-18-19-26-69(40)57(39)88/h34-41,49-50,71H,5-33H2,1-4H3,(H,59,85)(H,60,82)(H,61,83)(H,62,86)(H,63,72)(H,64,73)(H,65,74)(H,66,84)(H,67,75)(H,68,87)(H,76,77)(H,78,79)(H,80,81)/t34-,35+,36-,37-,38-,39-,40-,41-,49-,50-/m0/s1. The summed E-state index contributed by atoms with van der Waals surface area (Å²) in [6.45, 7) is 2.98. The molecule has 0 spiro atoms. The summed E-state index contributed by atoms with van der Waals surface area (Å²) in [7, 11) is 0. The van der Waals surface area contributed by atoms with Gasteiger partial charge in [-0.3, -0.25) is 71.9 Å². The molecule has 0 aliphatic carbocycles. The third-order valence-corrected chi connectivity index (χ3v) is 15.8. The molecule has 3 fully saturated rings. The van der Waals surface area contributed by atoms with Crippen molar-refractivity contribution in [1.29, 1.82) is 0 Å². The van der Waals surface area contributed by atoms with Crippen molar-refractivity contribution in [3.05, 3.63) is 0 Å². The van der Waals surface area contributed by atoms with Crippen molar-refractivity contribution in [1.82, 2.24) is 63.0 Å². The van der Waals surface area contributed by atoms with E-state index in [4.69, 9.17) is 0 Å². The highest BCUT2D eigenvalue weighted by Crippen LogP contribution is 2.23. The highest BCUT2D eigenvalue weighted by molar-refractivity contribution is 5.99. The normalized spacial score (nSPS) is 23.8. The first-order chi connectivity index (χ1) is 42.3. The molecule has 3 aliphatic rings. The zero-order chi connectivity index (χ0) is 66.2. The summed E-state index contributed by atoms with van der Waals surface area (Å²) in [5, 5.41) is 62.7. The van der Waals surface area contributed by atoms with Gasteiger partial charge in [0.25, 0.3) is 0 Å². The molecule has 3 saturated heterocycles. The van der Waals surface area contributed by atoms with E-state index >= 15 is 0 Å². The number of carboxylic acid groups (broad SMARTS) is 3. The van der Waals surface area contributed by atoms with Gasteiger partial charge in [0.05, 0.1) is 38.6 Å². The van der Waals surface area contributed by atoms with Crippen molar-refractivity contribution in [3.63, 3.8) is 0 Å². The van der Waals surface area contributed by atoms with Crippen molar-refractivity contribution < 1.29 is 92.3 Å². The number of piperidine rings is 1. The second-order valence-electron chi connectivity index (χ2n) is 23.0. The monoisotopic (exact) mass is 1260 g/mol. The molecule has 0 aromatic rings. The lowest BCUT2D eigenvalue weighted by atomic mass is 9.96. The molecule has 31 heteroatoms. The van der Waals surface area contributed by atoms with E-state index < -0.39 is 201 Å². The number of fused-ring (bicyclic) bond motifs is 2. The van der Waals surface area contributed by atoms with Crippen LogP contribution in [-0.4, -0.2) is 213 Å². The lowest BCUT2D eigenvalue weighted by molar-refractivity contribution is -0.146. The molecule has 0 radical (unpaired) electrons. The maximum atomic E-state index is 14.9. The molecular formula is C58H94N12O19. The molecule has 10 atom stereocenters. The number of carboxylic acids is 3. The van der Waals surface area contributed by atoms with Crippen LogP contribution in [0.2, 0.25) is 0 Å². The summed E-state index contributed by atoms with van der Waals surface area (Å²) in [6, 6.07) is -12.7. The molecule has 31 nitrogen and oxygen atoms in total. The van der Waals surface area contributed by atoms with Crippen molar-refractivity contribution in [2.24, 2.45) is 5.92 Å². The number of hydrogen-bond donors (Lipinski definition) is 14. The molecule has 89 heavy (non-hydrogen) atoms. The molecule has 0 unspecified atom stereocenters. The summed E-state index contributed by atoms with van der Waals surface area (Å²) in [4.78, 5) is 203. The van der Waals surface area contributed by atoms with Gasteiger partial charge < -0.3 is 83.4 Å². The minimum absolute atomic E-state index is 0.00109. The Morgan fingerprint density at radius 3 is 1.51 bits per heavy atom. The second kappa shape index (κ2) is 39.8. The smallest absolute Gasteiger partial charge is 0.305 e. The fourth-order valence-electron chi connectivity index (χ4n) is 10.6. The lowest BCUT2D eigenvalue weighted by Gasteiger charge is -2.37. The van der Waals surface area contributed by atoms with Crippen LogP contribution in [0.25, 0.3) is 0 Å². The first-order valence-electron chi connectivity index (χ1n) is 31.1. The van der Waals surface area contributed by atoms with Gasteiger partial charge in [0.15, 0.2) is 0 Å². The molecule has 0 bridgehead atoms. The van der Waals surface area contributed by atoms with E-state index in [1.54, 1.807) is 13.8 Å². The highest BCUT2D eigenvalue weighted by atomic mass is 16.4. The maximum Gasteiger partial charge on any atom is 0.305 e. The van der Waals surface area contributed by atoms with Crippen LogP contribution in [0.15, 0.2) is 0 Å². The minimum Gasteiger partial charge on any atom is -0.481 e. The number of nitrogens with zero attached hydrogens (tertiary/aromatic N) is 2. The first-order valence-corrected chi connectivity index (χ1v) is 31.1. The third kappa shape index (κ3) is 27.1. The van der Waals surface area contributed by atoms with E-state index in [9.17, 15) is 92.3 Å². The average molecular weight is 1260 g/mol. The van der Waals surface area contributed by atoms with E-state index in [0.717, 1.165) is 43.9 Å². The Labute approximate surface area is 517 Å². The zero-order valence-electron chi connectivity index (χ0n) is 51.6. The Kier molecular flexibility index (Phi) is 33.7. The van der Waals surface area contributed by atoms with Gasteiger partial charge in [-0.1, -0.05) is 97.8 Å². The largest absolute Gasteiger partial charge is 0.481 e. The van der Waals surface area contributed by atoms with Gasteiger partial charge in [-0.2, -0.15) is 0 Å². The van der Waals surface area contributed by atoms with Crippen LogP contribution in [0.3, 0.4) is 0 Å². The van der Waals surface area contributed by atoms with E-state index in [1.165, 1.54) is 43.4 Å². The number of unbranched alkanes of at least 4 members (excludes halogenated alkanes) is 11. The van der Waals surface area contributed by atoms with Crippen LogP contribution in [0.5, 0.6) is 0 Å². The Balaban J connectivity index is 2.01. The van der Waals surface area contributed by atoms with E-state index in [1.807, 2.05) is 0 Å². The second-order valence-corrected chi connectivity index (χ2v) is 23.0. The highest BCUT2D eigenvalue weighted by Gasteiger charge is 2.43. The number of hydrogen-bond acceptors (Lipinski definition) is 16. The van der Waals surface area contributed by atoms with Crippen LogP contribution in [0.1, 0.15) is 175 Å². The van der Waals surface area contributed by atoms with E-state index in [-0.39, 0.29) is 45.2 Å². The van der Waals surface area contributed by atoms with Crippen LogP contribution in [0, 0.1) is 5.92 Å². The summed E-state index contributed by atoms with van der Waals surface area (Å²) < 4.78 is 0. The topological polar surface area (TPSA) is 464 Å². The quantitative estimate of drug-likeness (QED) is 0.0420. The van der Waals surface area contributed by atoms with Crippen LogP contribution in [-0.2, 0) is 71.9 Å². The molecule has 3 rings (SSSR count). The Hall–Kier alpha value is -7.99. The number of carbonyl (C=O) groups is 15. The van der Waals surface area contributed by atoms with Crippen molar-refractivity contribution in [3.8, 4) is 0 Å². The SMILES string of the molecule is CCCCCCCCCCCCCCC(=O)N[C@@H](CCC(=O)O)C(=O)N[C@H]1CNC(=O)[C@@H]2CCCN2C(=O)[C@H]([C@@H](C)CC)NC(=O)[C@H]([C@@H](C)O)NC(=O)CNC(=O)[C@H](CC(=O)O)NC(=O)CNC(=O)[C@H](CC(=O)O)NC(=O)CNC(=O)[C@@H]2CCCCN2C1=O. The van der Waals surface area contributed by atoms with Crippen molar-refractivity contribution in [2.75, 3.05) is 39.3 Å². The van der Waals surface area contributed by atoms with Gasteiger partial charge >= 0.3 is 17.9 Å². The first kappa shape index (κ1) is 75.3. The van der Waals surface area contributed by atoms with Gasteiger partial charge in [-0.25, -0.2) is 0 Å². The predicted molar refractivity (Wildman–Crippen MR) is 316 cm³/mol. The van der Waals surface area contributed by atoms with Gasteiger partial charge in [0.1, 0.15) is 48.3 Å². The Bertz CT molecular complexity index is 2480. The Morgan fingerprint density at radius 1 is 0.528 bits per heavy atom. The van der Waals surface area contributed by atoms with Gasteiger partial charge in [0.2, 0.25) is 70.9 Å². The molecule has 0 aromatic carbocycles. The molecule has 3 aliphatic heterocycles. The molecule has 0 aromatic heterocycles. The number of aliphatic carboxylic acids is 3. The summed E-state index contributed by atoms with van der Waals surface area (Å²) >= 11 is 0. The summed E-state index contributed by atoms with van der Waals surface area (Å²) in [5.74, 6) is -17.1. The zero-order valence-corrected chi connectivity index (χ0v) is 51.6. The van der Waals surface area contributed by atoms with Crippen LogP contribution >= 0.6 is 0 Å². The fraction of sp³-hybridized carbons (Fsp3) is 0.741. The number of aliphatic hydroxyl groups excluding tert-OH is 1. The molecule has 12 amide bonds. The maximum absolute atomic E-state index is 14.9. The average Bonchev–Trinajstić information content (AvgIpc) is 3.73. The van der Waals surface area contributed by atoms with E-state index in [0.29, 0.717) is 19.3 Å². The van der Waals surface area contributed by atoms with Crippen LogP contribution in [0.4, 0.5) is 0 Å². The number of nitrogens with one attached hydrogen (secondary N) is 10. The Morgan fingerprint density at radius 2 is 1.00 bits per heavy atom. The van der Waals surface area contributed by atoms with Crippen molar-refractivity contribution in [2.45, 2.75) is 230 Å². The number of amides is 12. The van der Waals surface area contributed by atoms with Gasteiger partial charge in [0, 0.05) is 32.5 Å². The van der Waals surface area contributed by atoms with Gasteiger partial charge in [-0.05, 0) is 57.8 Å².